The van der Waals surface area contributed by atoms with Gasteiger partial charge in [0.1, 0.15) is 12.2 Å². The van der Waals surface area contributed by atoms with E-state index in [9.17, 15) is 0 Å². The molecule has 3 heterocycles. The molecule has 3 aliphatic rings. The second-order valence-corrected chi connectivity index (χ2v) is 5.70. The first kappa shape index (κ1) is 14.3. The first-order valence-corrected chi connectivity index (χ1v) is 7.54. The monoisotopic (exact) mass is 324 g/mol. The maximum Gasteiger partial charge on any atom is 0.353 e. The van der Waals surface area contributed by atoms with Crippen LogP contribution in [0.2, 0.25) is 0 Å². The number of hydrogen-bond acceptors (Lipinski definition) is 7. The standard InChI is InChI=1S/C15H16O6S/c1-16-14-12-11(20-15(22)21-12)10-9(18-14)7-17-13(19-10)8-5-3-2-4-6-8/h2-6,9-14H,7H2,1H3/t9-,10-,11-,12-,13-,14-/m1/s1. The van der Waals surface area contributed by atoms with E-state index in [0.717, 1.165) is 5.56 Å². The van der Waals surface area contributed by atoms with Gasteiger partial charge in [0.15, 0.2) is 24.8 Å². The SMILES string of the molecule is CO[C@@H]1O[C@@H]2CO[C@@H](c3ccccc3)O[C@H]2[C@H]2OC(=S)O[C@@H]12. The fraction of sp³-hybridized carbons (Fsp3) is 0.533. The fourth-order valence-corrected chi connectivity index (χ4v) is 3.25. The lowest BCUT2D eigenvalue weighted by atomic mass is 9.98. The van der Waals surface area contributed by atoms with Crippen LogP contribution in [0, 0.1) is 0 Å². The summed E-state index contributed by atoms with van der Waals surface area (Å²) in [5.41, 5.74) is 0.952. The van der Waals surface area contributed by atoms with Gasteiger partial charge in [-0.1, -0.05) is 30.3 Å². The summed E-state index contributed by atoms with van der Waals surface area (Å²) in [7, 11) is 1.56. The Morgan fingerprint density at radius 1 is 1.05 bits per heavy atom. The van der Waals surface area contributed by atoms with Gasteiger partial charge in [0.25, 0.3) is 0 Å². The number of benzene rings is 1. The molecular formula is C15H16O6S. The van der Waals surface area contributed by atoms with Gasteiger partial charge in [0.2, 0.25) is 0 Å². The van der Waals surface area contributed by atoms with Crippen LogP contribution in [0.5, 0.6) is 0 Å². The molecule has 0 unspecified atom stereocenters. The Hall–Kier alpha value is -1.25. The number of hydrogen-bond donors (Lipinski definition) is 0. The molecule has 0 aliphatic carbocycles. The minimum atomic E-state index is -0.549. The van der Waals surface area contributed by atoms with Gasteiger partial charge in [0, 0.05) is 24.9 Å². The summed E-state index contributed by atoms with van der Waals surface area (Å²) < 4.78 is 34.1. The summed E-state index contributed by atoms with van der Waals surface area (Å²) >= 11 is 5.01. The average molecular weight is 324 g/mol. The average Bonchev–Trinajstić information content (AvgIpc) is 2.96. The van der Waals surface area contributed by atoms with Crippen LogP contribution in [0.25, 0.3) is 0 Å². The van der Waals surface area contributed by atoms with E-state index in [2.05, 4.69) is 0 Å². The molecule has 7 heteroatoms. The predicted octanol–water partition coefficient (Wildman–Crippen LogP) is 1.54. The fourth-order valence-electron chi connectivity index (χ4n) is 3.03. The van der Waals surface area contributed by atoms with Crippen LogP contribution < -0.4 is 0 Å². The third-order valence-electron chi connectivity index (χ3n) is 4.05. The minimum absolute atomic E-state index is 0.104. The van der Waals surface area contributed by atoms with E-state index in [0.29, 0.717) is 6.61 Å². The van der Waals surface area contributed by atoms with E-state index in [1.54, 1.807) is 7.11 Å². The third kappa shape index (κ3) is 2.39. The number of ether oxygens (including phenoxy) is 6. The molecule has 22 heavy (non-hydrogen) atoms. The van der Waals surface area contributed by atoms with Crippen LogP contribution >= 0.6 is 12.2 Å². The molecule has 0 saturated carbocycles. The van der Waals surface area contributed by atoms with Gasteiger partial charge in [-0.25, -0.2) is 0 Å². The molecule has 1 aromatic carbocycles. The third-order valence-corrected chi connectivity index (χ3v) is 4.24. The molecule has 6 atom stereocenters. The molecule has 3 fully saturated rings. The lowest BCUT2D eigenvalue weighted by molar-refractivity contribution is -0.343. The second kappa shape index (κ2) is 5.75. The van der Waals surface area contributed by atoms with E-state index < -0.39 is 18.7 Å². The van der Waals surface area contributed by atoms with E-state index >= 15 is 0 Å². The summed E-state index contributed by atoms with van der Waals surface area (Å²) in [6.45, 7) is 0.392. The minimum Gasteiger partial charge on any atom is -0.446 e. The number of methoxy groups -OCH3 is 1. The molecule has 4 rings (SSSR count). The normalized spacial score (nSPS) is 40.3. The van der Waals surface area contributed by atoms with Gasteiger partial charge in [-0.3, -0.25) is 0 Å². The second-order valence-electron chi connectivity index (χ2n) is 5.37. The van der Waals surface area contributed by atoms with Gasteiger partial charge in [0.05, 0.1) is 6.61 Å². The van der Waals surface area contributed by atoms with Gasteiger partial charge >= 0.3 is 5.24 Å². The molecule has 0 bridgehead atoms. The Labute approximate surface area is 133 Å². The number of rotatable bonds is 2. The molecule has 3 saturated heterocycles. The predicted molar refractivity (Wildman–Crippen MR) is 78.0 cm³/mol. The maximum absolute atomic E-state index is 6.06. The summed E-state index contributed by atoms with van der Waals surface area (Å²) in [6, 6.07) is 9.76. The quantitative estimate of drug-likeness (QED) is 0.765. The van der Waals surface area contributed by atoms with Crippen molar-refractivity contribution in [2.24, 2.45) is 0 Å². The van der Waals surface area contributed by atoms with Crippen molar-refractivity contribution in [2.75, 3.05) is 13.7 Å². The zero-order chi connectivity index (χ0) is 15.1. The molecule has 118 valence electrons. The Bertz CT molecular complexity index is 552. The number of thiocarbonyl (C=S) groups is 1. The molecular weight excluding hydrogens is 308 g/mol. The Morgan fingerprint density at radius 2 is 1.82 bits per heavy atom. The Balaban J connectivity index is 1.56. The largest absolute Gasteiger partial charge is 0.446 e. The van der Waals surface area contributed by atoms with Crippen LogP contribution in [0.3, 0.4) is 0 Å². The van der Waals surface area contributed by atoms with Crippen molar-refractivity contribution in [1.29, 1.82) is 0 Å². The Kier molecular flexibility index (Phi) is 3.75. The zero-order valence-corrected chi connectivity index (χ0v) is 12.7. The first-order chi connectivity index (χ1) is 10.8. The molecule has 1 aromatic rings. The summed E-state index contributed by atoms with van der Waals surface area (Å²) in [5, 5.41) is 0.104. The molecule has 6 nitrogen and oxygen atoms in total. The molecule has 0 radical (unpaired) electrons. The summed E-state index contributed by atoms with van der Waals surface area (Å²) in [5.74, 6) is 0. The van der Waals surface area contributed by atoms with Crippen molar-refractivity contribution in [2.45, 2.75) is 37.0 Å². The van der Waals surface area contributed by atoms with Crippen LogP contribution in [0.15, 0.2) is 30.3 Å². The van der Waals surface area contributed by atoms with Crippen LogP contribution in [0.1, 0.15) is 11.9 Å². The van der Waals surface area contributed by atoms with Crippen molar-refractivity contribution in [1.82, 2.24) is 0 Å². The van der Waals surface area contributed by atoms with Gasteiger partial charge < -0.3 is 28.4 Å². The topological polar surface area (TPSA) is 55.4 Å². The lowest BCUT2D eigenvalue weighted by Gasteiger charge is -2.44. The zero-order valence-electron chi connectivity index (χ0n) is 11.9. The smallest absolute Gasteiger partial charge is 0.353 e. The maximum atomic E-state index is 6.06. The molecule has 0 spiro atoms. The van der Waals surface area contributed by atoms with Crippen molar-refractivity contribution < 1.29 is 28.4 Å². The van der Waals surface area contributed by atoms with Crippen molar-refractivity contribution >= 4 is 17.5 Å². The number of fused-ring (bicyclic) bond motifs is 3. The lowest BCUT2D eigenvalue weighted by Crippen LogP contribution is -2.61. The van der Waals surface area contributed by atoms with Crippen molar-refractivity contribution in [3.05, 3.63) is 35.9 Å². The Morgan fingerprint density at radius 3 is 2.59 bits per heavy atom. The van der Waals surface area contributed by atoms with Crippen LogP contribution in [0.4, 0.5) is 0 Å². The van der Waals surface area contributed by atoms with E-state index in [1.165, 1.54) is 0 Å². The van der Waals surface area contributed by atoms with Crippen molar-refractivity contribution in [3.63, 3.8) is 0 Å². The van der Waals surface area contributed by atoms with E-state index in [1.807, 2.05) is 30.3 Å². The molecule has 0 aromatic heterocycles. The highest BCUT2D eigenvalue weighted by molar-refractivity contribution is 7.79. The highest BCUT2D eigenvalue weighted by Crippen LogP contribution is 2.38. The summed E-state index contributed by atoms with van der Waals surface area (Å²) in [6.07, 6.45) is -2.39. The van der Waals surface area contributed by atoms with E-state index in [-0.39, 0.29) is 23.5 Å². The molecule has 3 aliphatic heterocycles. The molecule has 0 N–H and O–H groups in total. The van der Waals surface area contributed by atoms with Gasteiger partial charge in [-0.15, -0.1) is 0 Å². The highest BCUT2D eigenvalue weighted by atomic mass is 32.1. The van der Waals surface area contributed by atoms with Gasteiger partial charge in [-0.2, -0.15) is 0 Å². The first-order valence-electron chi connectivity index (χ1n) is 7.14. The molecule has 0 amide bonds. The van der Waals surface area contributed by atoms with Gasteiger partial charge in [-0.05, 0) is 0 Å². The van der Waals surface area contributed by atoms with Crippen LogP contribution in [-0.4, -0.2) is 49.7 Å². The highest BCUT2D eigenvalue weighted by Gasteiger charge is 2.56. The van der Waals surface area contributed by atoms with E-state index in [4.69, 9.17) is 40.6 Å². The van der Waals surface area contributed by atoms with Crippen LogP contribution in [-0.2, 0) is 28.4 Å². The van der Waals surface area contributed by atoms with Crippen molar-refractivity contribution in [3.8, 4) is 0 Å². The summed E-state index contributed by atoms with van der Waals surface area (Å²) in [4.78, 5) is 0.